The fraction of sp³-hybridized carbons (Fsp3) is 0.286. The third-order valence-electron chi connectivity index (χ3n) is 2.52. The van der Waals surface area contributed by atoms with Gasteiger partial charge in [-0.1, -0.05) is 30.4 Å². The van der Waals surface area contributed by atoms with Crippen LogP contribution in [0.2, 0.25) is 0 Å². The summed E-state index contributed by atoms with van der Waals surface area (Å²) in [7, 11) is 0. The fourth-order valence-electron chi connectivity index (χ4n) is 1.71. The average Bonchev–Trinajstić information content (AvgIpc) is 2.84. The molecule has 4 heteroatoms. The lowest BCUT2D eigenvalue weighted by molar-refractivity contribution is 0.352. The summed E-state index contributed by atoms with van der Waals surface area (Å²) in [6.45, 7) is 4.69. The van der Waals surface area contributed by atoms with Gasteiger partial charge in [-0.3, -0.25) is 0 Å². The van der Waals surface area contributed by atoms with Crippen LogP contribution in [0.4, 0.5) is 0 Å². The molecule has 0 saturated heterocycles. The molecule has 0 N–H and O–H groups in total. The van der Waals surface area contributed by atoms with Crippen LogP contribution in [0, 0.1) is 0 Å². The minimum atomic E-state index is 0.568. The van der Waals surface area contributed by atoms with Crippen molar-refractivity contribution in [2.45, 2.75) is 20.3 Å². The van der Waals surface area contributed by atoms with Crippen LogP contribution in [0.5, 0.6) is 5.75 Å². The maximum atomic E-state index is 5.74. The van der Waals surface area contributed by atoms with Crippen molar-refractivity contribution in [1.29, 1.82) is 0 Å². The van der Waals surface area contributed by atoms with E-state index >= 15 is 0 Å². The van der Waals surface area contributed by atoms with Crippen molar-refractivity contribution in [2.75, 3.05) is 6.61 Å². The van der Waals surface area contributed by atoms with Gasteiger partial charge in [0, 0.05) is 0 Å². The molecule has 0 bridgehead atoms. The van der Waals surface area contributed by atoms with Crippen LogP contribution in [-0.2, 0) is 0 Å². The Kier molecular flexibility index (Phi) is 4.12. The van der Waals surface area contributed by atoms with E-state index in [4.69, 9.17) is 4.74 Å². The smallest absolute Gasteiger partial charge is 0.138 e. The molecule has 4 nitrogen and oxygen atoms in total. The van der Waals surface area contributed by atoms with E-state index in [2.05, 4.69) is 29.4 Å². The normalized spacial score (nSPS) is 12.4. The number of fused-ring (bicyclic) bond motifs is 1. The fourth-order valence-corrected chi connectivity index (χ4v) is 1.71. The number of nitrogens with zero attached hydrogens (tertiary/aromatic N) is 3. The van der Waals surface area contributed by atoms with Crippen LogP contribution < -0.4 is 4.74 Å². The molecule has 94 valence electrons. The van der Waals surface area contributed by atoms with Crippen LogP contribution >= 0.6 is 0 Å². The van der Waals surface area contributed by atoms with E-state index in [1.165, 1.54) is 5.57 Å². The molecule has 0 aliphatic rings. The molecule has 2 aromatic rings. The molecule has 0 aliphatic carbocycles. The van der Waals surface area contributed by atoms with Crippen molar-refractivity contribution < 1.29 is 4.74 Å². The molecule has 0 radical (unpaired) electrons. The molecule has 2 aromatic heterocycles. The molecule has 0 unspecified atom stereocenters. The maximum Gasteiger partial charge on any atom is 0.138 e. The quantitative estimate of drug-likeness (QED) is 0.758. The van der Waals surface area contributed by atoms with Crippen molar-refractivity contribution in [3.05, 3.63) is 48.3 Å². The van der Waals surface area contributed by atoms with Gasteiger partial charge in [0.2, 0.25) is 0 Å². The lowest BCUT2D eigenvalue weighted by atomic mass is 10.2. The molecule has 0 aliphatic heterocycles. The first-order valence-electron chi connectivity index (χ1n) is 6.08. The van der Waals surface area contributed by atoms with Gasteiger partial charge in [-0.2, -0.15) is 0 Å². The Labute approximate surface area is 107 Å². The topological polar surface area (TPSA) is 39.4 Å². The first-order valence-corrected chi connectivity index (χ1v) is 6.08. The monoisotopic (exact) mass is 243 g/mol. The number of allylic oxidation sites excluding steroid dienone is 2. The Hall–Kier alpha value is -2.10. The van der Waals surface area contributed by atoms with E-state index in [-0.39, 0.29) is 0 Å². The Morgan fingerprint density at radius 2 is 2.33 bits per heavy atom. The summed E-state index contributed by atoms with van der Waals surface area (Å²) >= 11 is 0. The number of hydrogen-bond donors (Lipinski definition) is 0. The zero-order valence-electron chi connectivity index (χ0n) is 10.7. The second-order valence-corrected chi connectivity index (χ2v) is 3.94. The minimum absolute atomic E-state index is 0.568. The molecule has 2 heterocycles. The second kappa shape index (κ2) is 6.00. The predicted octanol–water partition coefficient (Wildman–Crippen LogP) is 3.02. The van der Waals surface area contributed by atoms with E-state index in [9.17, 15) is 0 Å². The van der Waals surface area contributed by atoms with Gasteiger partial charge in [0.1, 0.15) is 12.4 Å². The second-order valence-electron chi connectivity index (χ2n) is 3.94. The Balaban J connectivity index is 2.06. The predicted molar refractivity (Wildman–Crippen MR) is 71.7 cm³/mol. The highest BCUT2D eigenvalue weighted by atomic mass is 16.5. The average molecular weight is 243 g/mol. The Bertz CT molecular complexity index is 569. The lowest BCUT2D eigenvalue weighted by Crippen LogP contribution is -2.01. The maximum absolute atomic E-state index is 5.74. The zero-order chi connectivity index (χ0) is 12.8. The Morgan fingerprint density at radius 3 is 3.11 bits per heavy atom. The van der Waals surface area contributed by atoms with Gasteiger partial charge >= 0.3 is 0 Å². The highest BCUT2D eigenvalue weighted by Crippen LogP contribution is 2.13. The van der Waals surface area contributed by atoms with Gasteiger partial charge in [0.15, 0.2) is 0 Å². The largest absolute Gasteiger partial charge is 0.487 e. The molecule has 0 saturated carbocycles. The van der Waals surface area contributed by atoms with Crippen LogP contribution in [0.1, 0.15) is 20.3 Å². The summed E-state index contributed by atoms with van der Waals surface area (Å²) in [4.78, 5) is 0. The number of aromatic nitrogens is 3. The summed E-state index contributed by atoms with van der Waals surface area (Å²) in [5.74, 6) is 0.791. The van der Waals surface area contributed by atoms with Gasteiger partial charge in [-0.05, 0) is 31.1 Å². The van der Waals surface area contributed by atoms with E-state index in [1.54, 1.807) is 10.7 Å². The van der Waals surface area contributed by atoms with Crippen LogP contribution in [0.25, 0.3) is 5.52 Å². The van der Waals surface area contributed by atoms with Crippen molar-refractivity contribution in [3.8, 4) is 5.75 Å². The highest BCUT2D eigenvalue weighted by Gasteiger charge is 1.99. The van der Waals surface area contributed by atoms with Crippen molar-refractivity contribution in [1.82, 2.24) is 14.8 Å². The molecule has 0 amide bonds. The minimum Gasteiger partial charge on any atom is -0.487 e. The highest BCUT2D eigenvalue weighted by molar-refractivity contribution is 5.45. The lowest BCUT2D eigenvalue weighted by Gasteiger charge is -2.07. The summed E-state index contributed by atoms with van der Waals surface area (Å²) in [5, 5.41) is 7.77. The molecule has 0 fully saturated rings. The van der Waals surface area contributed by atoms with E-state index in [0.717, 1.165) is 17.7 Å². The first-order chi connectivity index (χ1) is 8.83. The van der Waals surface area contributed by atoms with Crippen molar-refractivity contribution in [2.24, 2.45) is 0 Å². The van der Waals surface area contributed by atoms with E-state index in [0.29, 0.717) is 6.61 Å². The summed E-state index contributed by atoms with van der Waals surface area (Å²) < 4.78 is 7.45. The van der Waals surface area contributed by atoms with Gasteiger partial charge in [0.25, 0.3) is 0 Å². The number of hydrogen-bond acceptors (Lipinski definition) is 3. The molecule has 0 atom stereocenters. The van der Waals surface area contributed by atoms with Gasteiger partial charge in [0.05, 0.1) is 17.9 Å². The Morgan fingerprint density at radius 1 is 1.44 bits per heavy atom. The zero-order valence-corrected chi connectivity index (χ0v) is 10.7. The van der Waals surface area contributed by atoms with E-state index < -0.39 is 0 Å². The summed E-state index contributed by atoms with van der Waals surface area (Å²) in [6.07, 6.45) is 10.8. The van der Waals surface area contributed by atoms with Crippen LogP contribution in [0.15, 0.2) is 48.3 Å². The van der Waals surface area contributed by atoms with Crippen molar-refractivity contribution in [3.63, 3.8) is 0 Å². The van der Waals surface area contributed by atoms with Gasteiger partial charge in [-0.25, -0.2) is 4.52 Å². The molecule has 2 rings (SSSR count). The van der Waals surface area contributed by atoms with Crippen molar-refractivity contribution >= 4 is 5.52 Å². The number of rotatable bonds is 5. The molecule has 0 aromatic carbocycles. The van der Waals surface area contributed by atoms with Gasteiger partial charge < -0.3 is 4.74 Å². The third kappa shape index (κ3) is 2.97. The molecule has 0 spiro atoms. The first kappa shape index (κ1) is 12.4. The molecular weight excluding hydrogens is 226 g/mol. The third-order valence-corrected chi connectivity index (χ3v) is 2.52. The summed E-state index contributed by atoms with van der Waals surface area (Å²) in [6, 6.07) is 3.87. The van der Waals surface area contributed by atoms with Gasteiger partial charge in [-0.15, -0.1) is 5.10 Å². The SMILES string of the molecule is C/C=C\C(=C/CC)COc1ccc2cnnn2c1. The number of pyridine rings is 1. The van der Waals surface area contributed by atoms with Crippen LogP contribution in [0.3, 0.4) is 0 Å². The summed E-state index contributed by atoms with van der Waals surface area (Å²) in [5.41, 5.74) is 2.14. The van der Waals surface area contributed by atoms with E-state index in [1.807, 2.05) is 31.3 Å². The standard InChI is InChI=1S/C14H17N3O/c1-3-5-12(6-4-2)11-18-14-8-7-13-9-15-16-17(13)10-14/h3,5-10H,4,11H2,1-2H3/b5-3-,12-6+. The molecule has 18 heavy (non-hydrogen) atoms. The molecular formula is C14H17N3O. The number of ether oxygens (including phenoxy) is 1. The van der Waals surface area contributed by atoms with Crippen LogP contribution in [-0.4, -0.2) is 21.4 Å².